The highest BCUT2D eigenvalue weighted by atomic mass is 32.1. The van der Waals surface area contributed by atoms with E-state index >= 15 is 0 Å². The number of aromatic nitrogens is 2. The van der Waals surface area contributed by atoms with Crippen LogP contribution < -0.4 is 5.32 Å². The molecule has 0 aliphatic rings. The highest BCUT2D eigenvalue weighted by molar-refractivity contribution is 7.11. The predicted octanol–water partition coefficient (Wildman–Crippen LogP) is 2.08. The van der Waals surface area contributed by atoms with Crippen molar-refractivity contribution in [3.8, 4) is 0 Å². The largest absolute Gasteiger partial charge is 0.347 e. The van der Waals surface area contributed by atoms with Crippen molar-refractivity contribution in [3.63, 3.8) is 0 Å². The Morgan fingerprint density at radius 1 is 1.35 bits per heavy atom. The van der Waals surface area contributed by atoms with Crippen molar-refractivity contribution in [2.45, 2.75) is 20.4 Å². The molecule has 2 aromatic rings. The van der Waals surface area contributed by atoms with E-state index in [2.05, 4.69) is 15.3 Å². The summed E-state index contributed by atoms with van der Waals surface area (Å²) in [5, 5.41) is 2.85. The summed E-state index contributed by atoms with van der Waals surface area (Å²) >= 11 is 1.36. The minimum atomic E-state index is -0.0782. The molecule has 0 aliphatic heterocycles. The molecule has 2 aromatic heterocycles. The van der Waals surface area contributed by atoms with Gasteiger partial charge in [0.25, 0.3) is 5.91 Å². The summed E-state index contributed by atoms with van der Waals surface area (Å²) in [5.41, 5.74) is 4.41. The first-order valence-corrected chi connectivity index (χ1v) is 6.14. The number of pyridine rings is 1. The summed E-state index contributed by atoms with van der Waals surface area (Å²) in [6.45, 7) is 4.26. The van der Waals surface area contributed by atoms with E-state index in [1.807, 2.05) is 26.0 Å². The van der Waals surface area contributed by atoms with Crippen LogP contribution in [0.4, 0.5) is 0 Å². The number of aryl methyl sites for hydroxylation is 2. The standard InChI is InChI=1S/C12H13N3OS/c1-8-3-4-10(5-13-8)6-14-12(16)11-9(2)15-7-17-11/h3-5,7H,6H2,1-2H3,(H,14,16). The topological polar surface area (TPSA) is 54.9 Å². The molecule has 1 N–H and O–H groups in total. The zero-order chi connectivity index (χ0) is 12.3. The molecule has 1 amide bonds. The van der Waals surface area contributed by atoms with E-state index in [1.54, 1.807) is 11.7 Å². The molecule has 0 aromatic carbocycles. The van der Waals surface area contributed by atoms with E-state index in [-0.39, 0.29) is 5.91 Å². The Bertz CT molecular complexity index is 519. The lowest BCUT2D eigenvalue weighted by atomic mass is 10.2. The van der Waals surface area contributed by atoms with Gasteiger partial charge < -0.3 is 5.32 Å². The van der Waals surface area contributed by atoms with Crippen molar-refractivity contribution in [3.05, 3.63) is 45.7 Å². The molecular formula is C12H13N3OS. The summed E-state index contributed by atoms with van der Waals surface area (Å²) in [7, 11) is 0. The van der Waals surface area contributed by atoms with Crippen LogP contribution in [0, 0.1) is 13.8 Å². The lowest BCUT2D eigenvalue weighted by molar-refractivity contribution is 0.0954. The normalized spacial score (nSPS) is 10.2. The van der Waals surface area contributed by atoms with Crippen molar-refractivity contribution >= 4 is 17.2 Å². The summed E-state index contributed by atoms with van der Waals surface area (Å²) in [4.78, 5) is 20.7. The third kappa shape index (κ3) is 2.88. The van der Waals surface area contributed by atoms with Gasteiger partial charge in [0.2, 0.25) is 0 Å². The molecule has 2 rings (SSSR count). The molecule has 5 heteroatoms. The summed E-state index contributed by atoms with van der Waals surface area (Å²) in [5.74, 6) is -0.0782. The average Bonchev–Trinajstić information content (AvgIpc) is 2.74. The van der Waals surface area contributed by atoms with Gasteiger partial charge in [0.15, 0.2) is 0 Å². The van der Waals surface area contributed by atoms with Crippen molar-refractivity contribution in [2.75, 3.05) is 0 Å². The number of hydrogen-bond donors (Lipinski definition) is 1. The molecule has 4 nitrogen and oxygen atoms in total. The maximum atomic E-state index is 11.8. The quantitative estimate of drug-likeness (QED) is 0.903. The molecule has 0 aliphatic carbocycles. The minimum absolute atomic E-state index is 0.0782. The molecule has 88 valence electrons. The van der Waals surface area contributed by atoms with Gasteiger partial charge >= 0.3 is 0 Å². The molecule has 0 spiro atoms. The highest BCUT2D eigenvalue weighted by Gasteiger charge is 2.10. The summed E-state index contributed by atoms with van der Waals surface area (Å²) in [6.07, 6.45) is 1.77. The number of rotatable bonds is 3. The van der Waals surface area contributed by atoms with Gasteiger partial charge in [-0.15, -0.1) is 11.3 Å². The lowest BCUT2D eigenvalue weighted by Gasteiger charge is -2.04. The average molecular weight is 247 g/mol. The van der Waals surface area contributed by atoms with Crippen molar-refractivity contribution in [2.24, 2.45) is 0 Å². The maximum absolute atomic E-state index is 11.8. The first-order chi connectivity index (χ1) is 8.16. The Morgan fingerprint density at radius 2 is 2.18 bits per heavy atom. The zero-order valence-electron chi connectivity index (χ0n) is 9.73. The number of hydrogen-bond acceptors (Lipinski definition) is 4. The van der Waals surface area contributed by atoms with Crippen LogP contribution in [0.1, 0.15) is 26.6 Å². The van der Waals surface area contributed by atoms with Crippen molar-refractivity contribution in [1.29, 1.82) is 0 Å². The molecule has 17 heavy (non-hydrogen) atoms. The Balaban J connectivity index is 1.97. The maximum Gasteiger partial charge on any atom is 0.263 e. The molecule has 0 fully saturated rings. The van der Waals surface area contributed by atoms with E-state index in [1.165, 1.54) is 11.3 Å². The van der Waals surface area contributed by atoms with Crippen molar-refractivity contribution in [1.82, 2.24) is 15.3 Å². The van der Waals surface area contributed by atoms with Crippen LogP contribution in [0.2, 0.25) is 0 Å². The Hall–Kier alpha value is -1.75. The molecule has 0 saturated heterocycles. The van der Waals surface area contributed by atoms with E-state index < -0.39 is 0 Å². The Kier molecular flexibility index (Phi) is 3.49. The fourth-order valence-corrected chi connectivity index (χ4v) is 2.10. The van der Waals surface area contributed by atoms with E-state index in [9.17, 15) is 4.79 Å². The highest BCUT2D eigenvalue weighted by Crippen LogP contribution is 2.11. The third-order valence-electron chi connectivity index (χ3n) is 2.38. The first kappa shape index (κ1) is 11.7. The molecule has 2 heterocycles. The number of nitrogens with zero attached hydrogens (tertiary/aromatic N) is 2. The van der Waals surface area contributed by atoms with Gasteiger partial charge in [-0.05, 0) is 25.5 Å². The molecule has 0 unspecified atom stereocenters. The van der Waals surface area contributed by atoms with Crippen LogP contribution in [0.5, 0.6) is 0 Å². The Labute approximate surface area is 104 Å². The SMILES string of the molecule is Cc1ccc(CNC(=O)c2scnc2C)cn1. The molecule has 0 saturated carbocycles. The number of amides is 1. The summed E-state index contributed by atoms with van der Waals surface area (Å²) < 4.78 is 0. The number of nitrogens with one attached hydrogen (secondary N) is 1. The second-order valence-electron chi connectivity index (χ2n) is 3.76. The van der Waals surface area contributed by atoms with Gasteiger partial charge in [0.1, 0.15) is 4.88 Å². The van der Waals surface area contributed by atoms with E-state index in [4.69, 9.17) is 0 Å². The van der Waals surface area contributed by atoms with Gasteiger partial charge in [-0.3, -0.25) is 9.78 Å². The molecule has 0 radical (unpaired) electrons. The van der Waals surface area contributed by atoms with Crippen LogP contribution in [0.25, 0.3) is 0 Å². The lowest BCUT2D eigenvalue weighted by Crippen LogP contribution is -2.22. The third-order valence-corrected chi connectivity index (χ3v) is 3.30. The zero-order valence-corrected chi connectivity index (χ0v) is 10.5. The van der Waals surface area contributed by atoms with Crippen LogP contribution in [-0.4, -0.2) is 15.9 Å². The monoisotopic (exact) mass is 247 g/mol. The van der Waals surface area contributed by atoms with Crippen LogP contribution in [-0.2, 0) is 6.54 Å². The van der Waals surface area contributed by atoms with Gasteiger partial charge in [0, 0.05) is 18.4 Å². The first-order valence-electron chi connectivity index (χ1n) is 5.26. The number of carbonyl (C=O) groups excluding carboxylic acids is 1. The van der Waals surface area contributed by atoms with Crippen LogP contribution in [0.15, 0.2) is 23.8 Å². The van der Waals surface area contributed by atoms with Gasteiger partial charge in [-0.25, -0.2) is 4.98 Å². The molecule has 0 bridgehead atoms. The Morgan fingerprint density at radius 3 is 2.76 bits per heavy atom. The second kappa shape index (κ2) is 5.05. The van der Waals surface area contributed by atoms with Gasteiger partial charge in [-0.2, -0.15) is 0 Å². The van der Waals surface area contributed by atoms with Crippen LogP contribution >= 0.6 is 11.3 Å². The fraction of sp³-hybridized carbons (Fsp3) is 0.250. The van der Waals surface area contributed by atoms with Crippen LogP contribution in [0.3, 0.4) is 0 Å². The van der Waals surface area contributed by atoms with E-state index in [0.29, 0.717) is 11.4 Å². The number of carbonyl (C=O) groups is 1. The second-order valence-corrected chi connectivity index (χ2v) is 4.61. The molecular weight excluding hydrogens is 234 g/mol. The van der Waals surface area contributed by atoms with Gasteiger partial charge in [0.05, 0.1) is 11.2 Å². The smallest absolute Gasteiger partial charge is 0.263 e. The van der Waals surface area contributed by atoms with Crippen molar-refractivity contribution < 1.29 is 4.79 Å². The van der Waals surface area contributed by atoms with E-state index in [0.717, 1.165) is 17.0 Å². The minimum Gasteiger partial charge on any atom is -0.347 e. The fourth-order valence-electron chi connectivity index (χ4n) is 1.39. The predicted molar refractivity (Wildman–Crippen MR) is 67.0 cm³/mol. The molecule has 0 atom stereocenters. The number of thiazole rings is 1. The van der Waals surface area contributed by atoms with Gasteiger partial charge in [-0.1, -0.05) is 6.07 Å². The summed E-state index contributed by atoms with van der Waals surface area (Å²) in [6, 6.07) is 3.89.